The molecule has 1 aliphatic carbocycles. The Balaban J connectivity index is 0.00000208. The van der Waals surface area contributed by atoms with Crippen molar-refractivity contribution >= 4 is 24.0 Å². The maximum absolute atomic E-state index is 14.6. The van der Waals surface area contributed by atoms with Gasteiger partial charge in [0, 0.05) is 37.8 Å². The number of hydrogen-bond acceptors (Lipinski definition) is 2. The number of alkyl halides is 3. The molecule has 0 spiro atoms. The lowest BCUT2D eigenvalue weighted by atomic mass is 9.76. The first-order valence-corrected chi connectivity index (χ1v) is 8.26. The number of halogens is 6. The van der Waals surface area contributed by atoms with Crippen LogP contribution in [0, 0.1) is 11.7 Å². The predicted octanol–water partition coefficient (Wildman–Crippen LogP) is 4.67. The lowest BCUT2D eigenvalue weighted by molar-refractivity contribution is -0.137. The molecule has 8 heteroatoms. The van der Waals surface area contributed by atoms with Gasteiger partial charge >= 0.3 is 6.18 Å². The fraction of sp³-hybridized carbons (Fsp3) is 0.625. The van der Waals surface area contributed by atoms with Crippen LogP contribution >= 0.6 is 24.0 Å². The smallest absolute Gasteiger partial charge is 0.314 e. The van der Waals surface area contributed by atoms with Crippen LogP contribution in [0.1, 0.15) is 36.4 Å². The van der Waals surface area contributed by atoms with Crippen LogP contribution in [0.25, 0.3) is 0 Å². The summed E-state index contributed by atoms with van der Waals surface area (Å²) < 4.78 is 53.8. The van der Waals surface area contributed by atoms with Gasteiger partial charge in [0.2, 0.25) is 0 Å². The van der Waals surface area contributed by atoms with Crippen molar-refractivity contribution in [2.24, 2.45) is 5.92 Å². The molecule has 1 aromatic rings. The summed E-state index contributed by atoms with van der Waals surface area (Å²) in [6, 6.07) is 1.30. The zero-order valence-electron chi connectivity index (χ0n) is 13.0. The summed E-state index contributed by atoms with van der Waals surface area (Å²) in [6.07, 6.45) is -1.65. The fourth-order valence-electron chi connectivity index (χ4n) is 3.45. The second-order valence-corrected chi connectivity index (χ2v) is 6.69. The van der Waals surface area contributed by atoms with Crippen LogP contribution in [0.2, 0.25) is 5.02 Å². The number of hydrogen-bond donors (Lipinski definition) is 1. The van der Waals surface area contributed by atoms with Gasteiger partial charge in [-0.25, -0.2) is 4.39 Å². The number of rotatable bonds is 3. The van der Waals surface area contributed by atoms with Gasteiger partial charge in [-0.15, -0.1) is 12.4 Å². The Morgan fingerprint density at radius 3 is 2.29 bits per heavy atom. The third-order valence-corrected chi connectivity index (χ3v) is 5.12. The summed E-state index contributed by atoms with van der Waals surface area (Å²) in [5.74, 6) is -0.516. The molecule has 1 saturated carbocycles. The van der Waals surface area contributed by atoms with Crippen molar-refractivity contribution in [3.05, 3.63) is 34.1 Å². The molecular formula is C16H20Cl2F4N2. The van der Waals surface area contributed by atoms with Crippen molar-refractivity contribution in [3.63, 3.8) is 0 Å². The summed E-state index contributed by atoms with van der Waals surface area (Å²) in [5.41, 5.74) is -0.783. The maximum Gasteiger partial charge on any atom is 0.416 e. The van der Waals surface area contributed by atoms with E-state index in [0.29, 0.717) is 19.2 Å². The summed E-state index contributed by atoms with van der Waals surface area (Å²) in [7, 11) is 0. The molecule has 0 amide bonds. The predicted molar refractivity (Wildman–Crippen MR) is 88.2 cm³/mol. The van der Waals surface area contributed by atoms with Gasteiger partial charge in [-0.1, -0.05) is 18.0 Å². The van der Waals surface area contributed by atoms with Gasteiger partial charge in [0.05, 0.1) is 10.6 Å². The van der Waals surface area contributed by atoms with E-state index in [2.05, 4.69) is 10.2 Å². The molecule has 136 valence electrons. The van der Waals surface area contributed by atoms with Crippen LogP contribution in [0.4, 0.5) is 17.6 Å². The van der Waals surface area contributed by atoms with E-state index in [9.17, 15) is 17.6 Å². The average Bonchev–Trinajstić information content (AvgIpc) is 2.45. The molecule has 0 bridgehead atoms. The Kier molecular flexibility index (Phi) is 6.40. The summed E-state index contributed by atoms with van der Waals surface area (Å²) in [5, 5.41) is 2.77. The van der Waals surface area contributed by atoms with Crippen molar-refractivity contribution < 1.29 is 17.6 Å². The SMILES string of the molecule is Cl.Fc1c(Cl)cc(C(F)(F)F)cc1[C@H](C1CCC1)N1CCNCC1. The van der Waals surface area contributed by atoms with Crippen LogP contribution in [0.15, 0.2) is 12.1 Å². The topological polar surface area (TPSA) is 15.3 Å². The number of piperazine rings is 1. The van der Waals surface area contributed by atoms with Gasteiger partial charge in [-0.3, -0.25) is 4.90 Å². The molecule has 1 heterocycles. The van der Waals surface area contributed by atoms with Gasteiger partial charge in [0.1, 0.15) is 5.82 Å². The van der Waals surface area contributed by atoms with Crippen molar-refractivity contribution in [3.8, 4) is 0 Å². The monoisotopic (exact) mass is 386 g/mol. The Morgan fingerprint density at radius 1 is 1.17 bits per heavy atom. The zero-order valence-corrected chi connectivity index (χ0v) is 14.6. The maximum atomic E-state index is 14.6. The highest BCUT2D eigenvalue weighted by Crippen LogP contribution is 2.44. The molecule has 0 unspecified atom stereocenters. The number of nitrogens with one attached hydrogen (secondary N) is 1. The molecule has 1 N–H and O–H groups in total. The van der Waals surface area contributed by atoms with Crippen molar-refractivity contribution in [2.75, 3.05) is 26.2 Å². The van der Waals surface area contributed by atoms with Gasteiger partial charge in [-0.2, -0.15) is 13.2 Å². The standard InChI is InChI=1S/C16H19ClF4N2.ClH/c17-13-9-11(16(19,20)21)8-12(14(13)18)15(10-2-1-3-10)23-6-4-22-5-7-23;/h8-10,15,22H,1-7H2;1H/t15-;/m0./s1. The molecule has 1 aliphatic heterocycles. The lowest BCUT2D eigenvalue weighted by Gasteiger charge is -2.43. The Hall–Kier alpha value is -0.560. The average molecular weight is 387 g/mol. The van der Waals surface area contributed by atoms with Gasteiger partial charge in [0.25, 0.3) is 0 Å². The molecule has 1 atom stereocenters. The first-order valence-electron chi connectivity index (χ1n) is 7.89. The van der Waals surface area contributed by atoms with Gasteiger partial charge in [0.15, 0.2) is 0 Å². The quantitative estimate of drug-likeness (QED) is 0.759. The van der Waals surface area contributed by atoms with Crippen LogP contribution in [-0.4, -0.2) is 31.1 Å². The van der Waals surface area contributed by atoms with Crippen molar-refractivity contribution in [2.45, 2.75) is 31.5 Å². The van der Waals surface area contributed by atoms with Crippen LogP contribution < -0.4 is 5.32 Å². The van der Waals surface area contributed by atoms with Gasteiger partial charge < -0.3 is 5.32 Å². The van der Waals surface area contributed by atoms with E-state index < -0.39 is 22.6 Å². The first kappa shape index (κ1) is 19.8. The zero-order chi connectivity index (χ0) is 16.6. The summed E-state index contributed by atoms with van der Waals surface area (Å²) in [6.45, 7) is 2.93. The molecule has 3 rings (SSSR count). The third kappa shape index (κ3) is 3.98. The molecule has 24 heavy (non-hydrogen) atoms. The molecule has 2 nitrogen and oxygen atoms in total. The largest absolute Gasteiger partial charge is 0.416 e. The third-order valence-electron chi connectivity index (χ3n) is 4.84. The molecule has 1 saturated heterocycles. The lowest BCUT2D eigenvalue weighted by Crippen LogP contribution is -2.48. The Morgan fingerprint density at radius 2 is 1.79 bits per heavy atom. The van der Waals surface area contributed by atoms with E-state index in [4.69, 9.17) is 11.6 Å². The second kappa shape index (κ2) is 7.77. The van der Waals surface area contributed by atoms with E-state index in [1.54, 1.807) is 0 Å². The minimum atomic E-state index is -4.53. The molecule has 2 aliphatic rings. The Bertz CT molecular complexity index is 570. The van der Waals surface area contributed by atoms with E-state index >= 15 is 0 Å². The summed E-state index contributed by atoms with van der Waals surface area (Å²) >= 11 is 5.77. The molecule has 1 aromatic carbocycles. The van der Waals surface area contributed by atoms with Crippen LogP contribution in [0.5, 0.6) is 0 Å². The molecule has 0 aromatic heterocycles. The first-order chi connectivity index (χ1) is 10.9. The second-order valence-electron chi connectivity index (χ2n) is 6.28. The summed E-state index contributed by atoms with van der Waals surface area (Å²) in [4.78, 5) is 2.09. The van der Waals surface area contributed by atoms with Crippen LogP contribution in [0.3, 0.4) is 0 Å². The minimum absolute atomic E-state index is 0. The highest BCUT2D eigenvalue weighted by atomic mass is 35.5. The van der Waals surface area contributed by atoms with E-state index in [1.165, 1.54) is 0 Å². The van der Waals surface area contributed by atoms with Crippen LogP contribution in [-0.2, 0) is 6.18 Å². The van der Waals surface area contributed by atoms with E-state index in [0.717, 1.165) is 38.4 Å². The highest BCUT2D eigenvalue weighted by molar-refractivity contribution is 6.30. The molecule has 2 fully saturated rings. The highest BCUT2D eigenvalue weighted by Gasteiger charge is 2.38. The Labute approximate surface area is 149 Å². The van der Waals surface area contributed by atoms with E-state index in [1.807, 2.05) is 0 Å². The number of nitrogens with zero attached hydrogens (tertiary/aromatic N) is 1. The fourth-order valence-corrected chi connectivity index (χ4v) is 3.68. The van der Waals surface area contributed by atoms with Crippen molar-refractivity contribution in [1.29, 1.82) is 0 Å². The molecule has 0 radical (unpaired) electrons. The normalized spacial score (nSPS) is 21.0. The minimum Gasteiger partial charge on any atom is -0.314 e. The van der Waals surface area contributed by atoms with Crippen molar-refractivity contribution in [1.82, 2.24) is 10.2 Å². The van der Waals surface area contributed by atoms with Gasteiger partial charge in [-0.05, 0) is 30.9 Å². The van der Waals surface area contributed by atoms with E-state index in [-0.39, 0.29) is 29.9 Å². The molecular weight excluding hydrogens is 367 g/mol. The number of benzene rings is 1.